The molecule has 0 spiro atoms. The van der Waals surface area contributed by atoms with Crippen molar-refractivity contribution in [1.82, 2.24) is 0 Å². The highest BCUT2D eigenvalue weighted by atomic mass is 127. The Morgan fingerprint density at radius 1 is 1.36 bits per heavy atom. The fourth-order valence-electron chi connectivity index (χ4n) is 0.897. The number of rotatable bonds is 2. The molecule has 0 bridgehead atoms. The number of halogens is 1. The second-order valence-corrected chi connectivity index (χ2v) is 4.36. The van der Waals surface area contributed by atoms with Crippen molar-refractivity contribution in [2.45, 2.75) is 10.8 Å². The molecule has 1 aromatic rings. The topological polar surface area (TPSA) is 0 Å². The first-order valence-electron chi connectivity index (χ1n) is 3.60. The standard InChI is InChI=1S/C10H11I/c1-3-9-4-6-10(7-5-9)8(2)11/h3-8H,1H2,2H3. The highest BCUT2D eigenvalue weighted by Crippen LogP contribution is 2.22. The molecule has 58 valence electrons. The van der Waals surface area contributed by atoms with Gasteiger partial charge in [-0.1, -0.05) is 59.5 Å². The van der Waals surface area contributed by atoms with E-state index in [-0.39, 0.29) is 0 Å². The molecular formula is C10H11I. The summed E-state index contributed by atoms with van der Waals surface area (Å²) in [6, 6.07) is 8.48. The lowest BCUT2D eigenvalue weighted by molar-refractivity contribution is 1.15. The first kappa shape index (κ1) is 8.78. The van der Waals surface area contributed by atoms with E-state index in [1.807, 2.05) is 6.08 Å². The van der Waals surface area contributed by atoms with Gasteiger partial charge in [-0.25, -0.2) is 0 Å². The van der Waals surface area contributed by atoms with E-state index < -0.39 is 0 Å². The van der Waals surface area contributed by atoms with Crippen LogP contribution in [0.3, 0.4) is 0 Å². The predicted molar refractivity (Wildman–Crippen MR) is 59.0 cm³/mol. The van der Waals surface area contributed by atoms with Gasteiger partial charge in [0.05, 0.1) is 0 Å². The molecule has 0 aliphatic rings. The Balaban J connectivity index is 2.91. The SMILES string of the molecule is C=Cc1ccc(C(C)I)cc1. The number of alkyl halides is 1. The normalized spacial score (nSPS) is 12.5. The summed E-state index contributed by atoms with van der Waals surface area (Å²) in [6.07, 6.45) is 1.86. The van der Waals surface area contributed by atoms with Crippen molar-refractivity contribution in [3.63, 3.8) is 0 Å². The highest BCUT2D eigenvalue weighted by molar-refractivity contribution is 14.1. The van der Waals surface area contributed by atoms with E-state index in [0.717, 1.165) is 0 Å². The molecule has 0 nitrogen and oxygen atoms in total. The van der Waals surface area contributed by atoms with Crippen LogP contribution in [0, 0.1) is 0 Å². The van der Waals surface area contributed by atoms with Crippen LogP contribution in [0.25, 0.3) is 6.08 Å². The average Bonchev–Trinajstić information content (AvgIpc) is 2.05. The van der Waals surface area contributed by atoms with E-state index in [1.54, 1.807) is 0 Å². The Kier molecular flexibility index (Phi) is 3.12. The van der Waals surface area contributed by atoms with Crippen LogP contribution in [0.4, 0.5) is 0 Å². The van der Waals surface area contributed by atoms with Crippen LogP contribution >= 0.6 is 22.6 Å². The monoisotopic (exact) mass is 258 g/mol. The van der Waals surface area contributed by atoms with Crippen LogP contribution in [-0.2, 0) is 0 Å². The van der Waals surface area contributed by atoms with Crippen LogP contribution in [-0.4, -0.2) is 0 Å². The smallest absolute Gasteiger partial charge is 0.0331 e. The van der Waals surface area contributed by atoms with E-state index >= 15 is 0 Å². The highest BCUT2D eigenvalue weighted by Gasteiger charge is 1.97. The molecule has 1 heteroatoms. The Hall–Kier alpha value is -0.310. The molecule has 0 aliphatic heterocycles. The van der Waals surface area contributed by atoms with Gasteiger partial charge in [0.25, 0.3) is 0 Å². The molecule has 11 heavy (non-hydrogen) atoms. The van der Waals surface area contributed by atoms with Crippen molar-refractivity contribution in [1.29, 1.82) is 0 Å². The maximum atomic E-state index is 3.70. The Morgan fingerprint density at radius 2 is 1.91 bits per heavy atom. The van der Waals surface area contributed by atoms with Crippen LogP contribution < -0.4 is 0 Å². The second-order valence-electron chi connectivity index (χ2n) is 2.49. The minimum atomic E-state index is 0.589. The summed E-state index contributed by atoms with van der Waals surface area (Å²) in [5.74, 6) is 0. The Labute approximate surface area is 81.5 Å². The Bertz CT molecular complexity index is 234. The molecule has 0 aliphatic carbocycles. The minimum Gasteiger partial charge on any atom is -0.0985 e. The molecule has 0 N–H and O–H groups in total. The van der Waals surface area contributed by atoms with Crippen molar-refractivity contribution in [3.05, 3.63) is 42.0 Å². The van der Waals surface area contributed by atoms with Crippen molar-refractivity contribution in [2.24, 2.45) is 0 Å². The van der Waals surface area contributed by atoms with Crippen LogP contribution in [0.2, 0.25) is 0 Å². The van der Waals surface area contributed by atoms with Crippen molar-refractivity contribution >= 4 is 28.7 Å². The third-order valence-electron chi connectivity index (χ3n) is 1.63. The summed E-state index contributed by atoms with van der Waals surface area (Å²) < 4.78 is 0.589. The molecule has 1 unspecified atom stereocenters. The lowest BCUT2D eigenvalue weighted by Crippen LogP contribution is -1.82. The van der Waals surface area contributed by atoms with Gasteiger partial charge in [-0.3, -0.25) is 0 Å². The molecule has 0 heterocycles. The maximum absolute atomic E-state index is 3.70. The zero-order valence-electron chi connectivity index (χ0n) is 6.55. The quantitative estimate of drug-likeness (QED) is 0.558. The molecule has 0 fully saturated rings. The van der Waals surface area contributed by atoms with Gasteiger partial charge >= 0.3 is 0 Å². The van der Waals surface area contributed by atoms with Crippen LogP contribution in [0.5, 0.6) is 0 Å². The third kappa shape index (κ3) is 2.33. The van der Waals surface area contributed by atoms with Crippen LogP contribution in [0.1, 0.15) is 22.0 Å². The molecule has 0 amide bonds. The molecule has 1 aromatic carbocycles. The van der Waals surface area contributed by atoms with E-state index in [9.17, 15) is 0 Å². The van der Waals surface area contributed by atoms with E-state index in [1.165, 1.54) is 11.1 Å². The number of benzene rings is 1. The summed E-state index contributed by atoms with van der Waals surface area (Å²) in [6.45, 7) is 5.89. The molecule has 0 saturated heterocycles. The van der Waals surface area contributed by atoms with Gasteiger partial charge in [-0.2, -0.15) is 0 Å². The van der Waals surface area contributed by atoms with E-state index in [0.29, 0.717) is 3.92 Å². The lowest BCUT2D eigenvalue weighted by atomic mass is 10.1. The molecule has 1 rings (SSSR count). The summed E-state index contributed by atoms with van der Waals surface area (Å²) in [7, 11) is 0. The maximum Gasteiger partial charge on any atom is 0.0331 e. The van der Waals surface area contributed by atoms with Gasteiger partial charge in [0.2, 0.25) is 0 Å². The fourth-order valence-corrected chi connectivity index (χ4v) is 1.31. The summed E-state index contributed by atoms with van der Waals surface area (Å²) in [5, 5.41) is 0. The third-order valence-corrected chi connectivity index (χ3v) is 2.35. The number of hydrogen-bond donors (Lipinski definition) is 0. The summed E-state index contributed by atoms with van der Waals surface area (Å²) >= 11 is 2.41. The van der Waals surface area contributed by atoms with Gasteiger partial charge < -0.3 is 0 Å². The minimum absolute atomic E-state index is 0.589. The molecule has 1 atom stereocenters. The van der Waals surface area contributed by atoms with Gasteiger partial charge in [0.1, 0.15) is 0 Å². The van der Waals surface area contributed by atoms with Crippen molar-refractivity contribution in [2.75, 3.05) is 0 Å². The summed E-state index contributed by atoms with van der Waals surface area (Å²) in [5.41, 5.74) is 2.56. The summed E-state index contributed by atoms with van der Waals surface area (Å²) in [4.78, 5) is 0. The average molecular weight is 258 g/mol. The van der Waals surface area contributed by atoms with E-state index in [4.69, 9.17) is 0 Å². The fraction of sp³-hybridized carbons (Fsp3) is 0.200. The van der Waals surface area contributed by atoms with E-state index in [2.05, 4.69) is 60.4 Å². The lowest BCUT2D eigenvalue weighted by Gasteiger charge is -2.02. The Morgan fingerprint density at radius 3 is 2.27 bits per heavy atom. The molecule has 0 saturated carbocycles. The molecule has 0 aromatic heterocycles. The van der Waals surface area contributed by atoms with Crippen molar-refractivity contribution < 1.29 is 0 Å². The molecule has 0 radical (unpaired) electrons. The van der Waals surface area contributed by atoms with Gasteiger partial charge in [-0.15, -0.1) is 0 Å². The zero-order valence-corrected chi connectivity index (χ0v) is 8.71. The second kappa shape index (κ2) is 3.90. The van der Waals surface area contributed by atoms with Gasteiger partial charge in [0, 0.05) is 3.92 Å². The van der Waals surface area contributed by atoms with Crippen LogP contribution in [0.15, 0.2) is 30.8 Å². The van der Waals surface area contributed by atoms with Crippen molar-refractivity contribution in [3.8, 4) is 0 Å². The first-order valence-corrected chi connectivity index (χ1v) is 4.85. The van der Waals surface area contributed by atoms with Gasteiger partial charge in [0.15, 0.2) is 0 Å². The molecular weight excluding hydrogens is 247 g/mol. The zero-order chi connectivity index (χ0) is 8.27. The van der Waals surface area contributed by atoms with Gasteiger partial charge in [-0.05, 0) is 18.1 Å². The number of hydrogen-bond acceptors (Lipinski definition) is 0. The first-order chi connectivity index (χ1) is 5.24. The largest absolute Gasteiger partial charge is 0.0985 e. The predicted octanol–water partition coefficient (Wildman–Crippen LogP) is 3.83.